The average Bonchev–Trinajstić information content (AvgIpc) is 2.29. The molecule has 2 unspecified atom stereocenters. The zero-order valence-corrected chi connectivity index (χ0v) is 12.6. The summed E-state index contributed by atoms with van der Waals surface area (Å²) in [7, 11) is 0. The van der Waals surface area contributed by atoms with Crippen LogP contribution in [0.5, 0.6) is 0 Å². The lowest BCUT2D eigenvalue weighted by Crippen LogP contribution is -2.51. The summed E-state index contributed by atoms with van der Waals surface area (Å²) in [6, 6.07) is 1.35. The molecule has 1 heterocycles. The molecule has 0 radical (unpaired) electrons. The van der Waals surface area contributed by atoms with Crippen LogP contribution in [-0.2, 0) is 0 Å². The van der Waals surface area contributed by atoms with Gasteiger partial charge in [0.1, 0.15) is 0 Å². The minimum Gasteiger partial charge on any atom is -0.312 e. The quantitative estimate of drug-likeness (QED) is 0.766. The van der Waals surface area contributed by atoms with Crippen molar-refractivity contribution in [3.05, 3.63) is 0 Å². The van der Waals surface area contributed by atoms with Gasteiger partial charge in [0.25, 0.3) is 0 Å². The number of hydrogen-bond acceptors (Lipinski definition) is 2. The third-order valence-electron chi connectivity index (χ3n) is 4.41. The third-order valence-corrected chi connectivity index (χ3v) is 4.41. The molecule has 0 aromatic carbocycles. The Morgan fingerprint density at radius 3 is 2.24 bits per heavy atom. The van der Waals surface area contributed by atoms with Gasteiger partial charge in [0.15, 0.2) is 0 Å². The van der Waals surface area contributed by atoms with Crippen LogP contribution in [0.1, 0.15) is 60.3 Å². The molecule has 1 rings (SSSR count). The lowest BCUT2D eigenvalue weighted by molar-refractivity contribution is 0.0823. The number of piperidine rings is 1. The first-order valence-electron chi connectivity index (χ1n) is 7.47. The summed E-state index contributed by atoms with van der Waals surface area (Å²) in [5.74, 6) is 0. The molecule has 0 saturated carbocycles. The van der Waals surface area contributed by atoms with Crippen LogP contribution in [0.15, 0.2) is 0 Å². The Morgan fingerprint density at radius 1 is 1.18 bits per heavy atom. The smallest absolute Gasteiger partial charge is 0.0220 e. The molecule has 2 atom stereocenters. The molecular formula is C15H32N2. The van der Waals surface area contributed by atoms with Crippen LogP contribution in [0.3, 0.4) is 0 Å². The molecule has 1 aliphatic heterocycles. The summed E-state index contributed by atoms with van der Waals surface area (Å²) in [6.45, 7) is 15.5. The van der Waals surface area contributed by atoms with Crippen LogP contribution >= 0.6 is 0 Å². The fourth-order valence-electron chi connectivity index (χ4n) is 2.78. The highest BCUT2D eigenvalue weighted by atomic mass is 15.2. The summed E-state index contributed by atoms with van der Waals surface area (Å²) < 4.78 is 0. The van der Waals surface area contributed by atoms with Crippen molar-refractivity contribution < 1.29 is 0 Å². The van der Waals surface area contributed by atoms with Gasteiger partial charge in [-0.3, -0.25) is 4.90 Å². The van der Waals surface area contributed by atoms with Gasteiger partial charge in [-0.15, -0.1) is 0 Å². The molecule has 102 valence electrons. The summed E-state index contributed by atoms with van der Waals surface area (Å²) in [5.41, 5.74) is 0.564. The zero-order valence-electron chi connectivity index (χ0n) is 12.6. The van der Waals surface area contributed by atoms with E-state index in [1.54, 1.807) is 0 Å². The molecule has 0 aliphatic carbocycles. The maximum absolute atomic E-state index is 3.70. The van der Waals surface area contributed by atoms with Crippen LogP contribution < -0.4 is 5.32 Å². The van der Waals surface area contributed by atoms with Gasteiger partial charge in [-0.05, 0) is 57.7 Å². The molecule has 0 bridgehead atoms. The highest BCUT2D eigenvalue weighted by molar-refractivity contribution is 4.86. The molecule has 0 aromatic rings. The molecular weight excluding hydrogens is 208 g/mol. The largest absolute Gasteiger partial charge is 0.312 e. The van der Waals surface area contributed by atoms with Crippen LogP contribution in [0.4, 0.5) is 0 Å². The van der Waals surface area contributed by atoms with Crippen molar-refractivity contribution in [1.29, 1.82) is 0 Å². The monoisotopic (exact) mass is 240 g/mol. The Labute approximate surface area is 108 Å². The van der Waals surface area contributed by atoms with Gasteiger partial charge in [0.2, 0.25) is 0 Å². The number of nitrogens with zero attached hydrogens (tertiary/aromatic N) is 1. The van der Waals surface area contributed by atoms with E-state index in [-0.39, 0.29) is 0 Å². The van der Waals surface area contributed by atoms with E-state index in [4.69, 9.17) is 0 Å². The Hall–Kier alpha value is -0.0800. The fourth-order valence-corrected chi connectivity index (χ4v) is 2.78. The van der Waals surface area contributed by atoms with E-state index in [0.29, 0.717) is 17.5 Å². The maximum atomic E-state index is 3.70. The summed E-state index contributed by atoms with van der Waals surface area (Å²) in [4.78, 5) is 2.68. The normalized spacial score (nSPS) is 24.5. The lowest BCUT2D eigenvalue weighted by Gasteiger charge is -2.42. The Balaban J connectivity index is 2.43. The Bertz CT molecular complexity index is 203. The molecule has 2 nitrogen and oxygen atoms in total. The van der Waals surface area contributed by atoms with Crippen molar-refractivity contribution in [1.82, 2.24) is 10.2 Å². The summed E-state index contributed by atoms with van der Waals surface area (Å²) >= 11 is 0. The van der Waals surface area contributed by atoms with Gasteiger partial charge in [0, 0.05) is 12.1 Å². The van der Waals surface area contributed by atoms with Crippen molar-refractivity contribution in [3.63, 3.8) is 0 Å². The highest BCUT2D eigenvalue weighted by Crippen LogP contribution is 2.31. The molecule has 2 heteroatoms. The highest BCUT2D eigenvalue weighted by Gasteiger charge is 2.29. The predicted molar refractivity (Wildman–Crippen MR) is 76.4 cm³/mol. The van der Waals surface area contributed by atoms with Crippen LogP contribution in [0.25, 0.3) is 0 Å². The van der Waals surface area contributed by atoms with E-state index < -0.39 is 0 Å². The van der Waals surface area contributed by atoms with Gasteiger partial charge in [-0.1, -0.05) is 27.7 Å². The zero-order chi connectivity index (χ0) is 12.9. The van der Waals surface area contributed by atoms with Crippen molar-refractivity contribution in [2.75, 3.05) is 19.6 Å². The Morgan fingerprint density at radius 2 is 1.76 bits per heavy atom. The minimum atomic E-state index is 0.564. The SMILES string of the molecule is CCCNC(CC)C(C)N1CCC(C)(C)CC1. The second kappa shape index (κ2) is 6.75. The van der Waals surface area contributed by atoms with Crippen LogP contribution in [0, 0.1) is 5.41 Å². The molecule has 1 N–H and O–H groups in total. The van der Waals surface area contributed by atoms with Gasteiger partial charge in [-0.2, -0.15) is 0 Å². The summed E-state index contributed by atoms with van der Waals surface area (Å²) in [6.07, 6.45) is 5.17. The standard InChI is InChI=1S/C15H32N2/c1-6-10-16-14(7-2)13(3)17-11-8-15(4,5)9-12-17/h13-14,16H,6-12H2,1-5H3. The number of rotatable bonds is 6. The van der Waals surface area contributed by atoms with E-state index in [2.05, 4.69) is 44.8 Å². The van der Waals surface area contributed by atoms with E-state index in [1.807, 2.05) is 0 Å². The van der Waals surface area contributed by atoms with Crippen LogP contribution in [-0.4, -0.2) is 36.6 Å². The molecule has 0 spiro atoms. The molecule has 1 saturated heterocycles. The van der Waals surface area contributed by atoms with Gasteiger partial charge in [0.05, 0.1) is 0 Å². The van der Waals surface area contributed by atoms with Crippen molar-refractivity contribution in [2.24, 2.45) is 5.41 Å². The van der Waals surface area contributed by atoms with Crippen molar-refractivity contribution >= 4 is 0 Å². The van der Waals surface area contributed by atoms with Gasteiger partial charge < -0.3 is 5.32 Å². The molecule has 1 aliphatic rings. The number of hydrogen-bond donors (Lipinski definition) is 1. The van der Waals surface area contributed by atoms with E-state index in [0.717, 1.165) is 6.54 Å². The topological polar surface area (TPSA) is 15.3 Å². The van der Waals surface area contributed by atoms with Gasteiger partial charge >= 0.3 is 0 Å². The van der Waals surface area contributed by atoms with E-state index in [9.17, 15) is 0 Å². The first-order chi connectivity index (χ1) is 8.00. The fraction of sp³-hybridized carbons (Fsp3) is 1.00. The van der Waals surface area contributed by atoms with Gasteiger partial charge in [-0.25, -0.2) is 0 Å². The first-order valence-corrected chi connectivity index (χ1v) is 7.47. The van der Waals surface area contributed by atoms with E-state index >= 15 is 0 Å². The maximum Gasteiger partial charge on any atom is 0.0220 e. The average molecular weight is 240 g/mol. The molecule has 0 aromatic heterocycles. The Kier molecular flexibility index (Phi) is 5.94. The number of nitrogens with one attached hydrogen (secondary N) is 1. The molecule has 17 heavy (non-hydrogen) atoms. The van der Waals surface area contributed by atoms with Crippen molar-refractivity contribution in [3.8, 4) is 0 Å². The minimum absolute atomic E-state index is 0.564. The number of likely N-dealkylation sites (tertiary alicyclic amines) is 1. The predicted octanol–water partition coefficient (Wildman–Crippen LogP) is 3.28. The second-order valence-electron chi connectivity index (χ2n) is 6.41. The van der Waals surface area contributed by atoms with E-state index in [1.165, 1.54) is 38.8 Å². The molecule has 1 fully saturated rings. The van der Waals surface area contributed by atoms with Crippen molar-refractivity contribution in [2.45, 2.75) is 72.4 Å². The lowest BCUT2D eigenvalue weighted by atomic mass is 9.82. The first kappa shape index (κ1) is 15.0. The molecule has 0 amide bonds. The summed E-state index contributed by atoms with van der Waals surface area (Å²) in [5, 5.41) is 3.70. The second-order valence-corrected chi connectivity index (χ2v) is 6.41. The third kappa shape index (κ3) is 4.59. The van der Waals surface area contributed by atoms with Crippen LogP contribution in [0.2, 0.25) is 0 Å².